The second kappa shape index (κ2) is 7.82. The molecular weight excluding hydrogens is 414 g/mol. The normalized spacial score (nSPS) is 19.9. The van der Waals surface area contributed by atoms with Gasteiger partial charge in [-0.3, -0.25) is 4.79 Å². The minimum absolute atomic E-state index is 0.0603. The minimum atomic E-state index is -3.04. The third kappa shape index (κ3) is 4.09. The molecule has 10 heteroatoms. The first kappa shape index (κ1) is 21.9. The van der Waals surface area contributed by atoms with Gasteiger partial charge in [0.05, 0.1) is 22.5 Å². The number of amides is 1. The van der Waals surface area contributed by atoms with E-state index in [0.717, 1.165) is 6.07 Å². The summed E-state index contributed by atoms with van der Waals surface area (Å²) in [4.78, 5) is 18.9. The van der Waals surface area contributed by atoms with Crippen LogP contribution >= 0.6 is 0 Å². The number of nitrogens with zero attached hydrogens (tertiary/aromatic N) is 2. The van der Waals surface area contributed by atoms with E-state index in [2.05, 4.69) is 10.3 Å². The van der Waals surface area contributed by atoms with Crippen LogP contribution in [0.25, 0.3) is 0 Å². The molecule has 1 aromatic carbocycles. The molecular formula is C20H24F2N4O3S. The van der Waals surface area contributed by atoms with Crippen LogP contribution < -0.4 is 15.0 Å². The Kier molecular flexibility index (Phi) is 5.72. The van der Waals surface area contributed by atoms with Gasteiger partial charge in [-0.2, -0.15) is 4.39 Å². The molecule has 2 aromatic rings. The Hall–Kier alpha value is -2.75. The Morgan fingerprint density at radius 1 is 1.37 bits per heavy atom. The molecule has 1 aliphatic heterocycles. The van der Waals surface area contributed by atoms with Crippen LogP contribution in [-0.4, -0.2) is 41.1 Å². The van der Waals surface area contributed by atoms with Crippen LogP contribution in [0, 0.1) is 21.8 Å². The van der Waals surface area contributed by atoms with E-state index >= 15 is 0 Å². The lowest BCUT2D eigenvalue weighted by atomic mass is 9.84. The van der Waals surface area contributed by atoms with E-state index in [1.807, 2.05) is 13.8 Å². The first-order valence-corrected chi connectivity index (χ1v) is 11.2. The van der Waals surface area contributed by atoms with Gasteiger partial charge in [0.25, 0.3) is 0 Å². The van der Waals surface area contributed by atoms with E-state index in [4.69, 9.17) is 9.52 Å². The van der Waals surface area contributed by atoms with Crippen LogP contribution in [-0.2, 0) is 14.5 Å². The van der Waals surface area contributed by atoms with Gasteiger partial charge in [-0.15, -0.1) is 0 Å². The SMILES string of the molecule is COc1c(N2CCC(C)(C)C2C(=O)Nc2ccnc([S@](C)(=N)=O)c2)ccc(F)c1F. The minimum Gasteiger partial charge on any atom is -0.491 e. The molecule has 1 amide bonds. The van der Waals surface area contributed by atoms with E-state index in [9.17, 15) is 17.8 Å². The van der Waals surface area contributed by atoms with Crippen molar-refractivity contribution in [2.45, 2.75) is 31.3 Å². The van der Waals surface area contributed by atoms with Crippen LogP contribution in [0.2, 0.25) is 0 Å². The van der Waals surface area contributed by atoms with Crippen LogP contribution in [0.1, 0.15) is 20.3 Å². The summed E-state index contributed by atoms with van der Waals surface area (Å²) in [6, 6.07) is 4.65. The molecule has 30 heavy (non-hydrogen) atoms. The second-order valence-electron chi connectivity index (χ2n) is 7.96. The zero-order chi connectivity index (χ0) is 22.3. The number of hydrogen-bond acceptors (Lipinski definition) is 6. The van der Waals surface area contributed by atoms with Crippen molar-refractivity contribution < 1.29 is 22.5 Å². The Morgan fingerprint density at radius 2 is 2.07 bits per heavy atom. The fraction of sp³-hybridized carbons (Fsp3) is 0.400. The molecule has 162 valence electrons. The number of carbonyl (C=O) groups is 1. The number of halogens is 2. The summed E-state index contributed by atoms with van der Waals surface area (Å²) in [5.41, 5.74) is 0.177. The average molecular weight is 439 g/mol. The molecule has 2 N–H and O–H groups in total. The summed E-state index contributed by atoms with van der Waals surface area (Å²) in [5, 5.41) is 2.84. The van der Waals surface area contributed by atoms with Crippen molar-refractivity contribution in [2.75, 3.05) is 30.1 Å². The second-order valence-corrected chi connectivity index (χ2v) is 10.1. The summed E-state index contributed by atoms with van der Waals surface area (Å²) in [7, 11) is -1.79. The number of methoxy groups -OCH3 is 1. The Labute approximate surface area is 174 Å². The fourth-order valence-corrected chi connectivity index (χ4v) is 4.32. The van der Waals surface area contributed by atoms with Crippen molar-refractivity contribution in [3.63, 3.8) is 0 Å². The van der Waals surface area contributed by atoms with Crippen LogP contribution in [0.4, 0.5) is 20.2 Å². The van der Waals surface area contributed by atoms with Gasteiger partial charge in [0.1, 0.15) is 11.1 Å². The van der Waals surface area contributed by atoms with Gasteiger partial charge < -0.3 is 15.0 Å². The van der Waals surface area contributed by atoms with Crippen molar-refractivity contribution in [1.82, 2.24) is 4.98 Å². The van der Waals surface area contributed by atoms with Gasteiger partial charge in [0.2, 0.25) is 11.7 Å². The monoisotopic (exact) mass is 438 g/mol. The van der Waals surface area contributed by atoms with Gasteiger partial charge in [0.15, 0.2) is 11.6 Å². The van der Waals surface area contributed by atoms with E-state index in [0.29, 0.717) is 24.3 Å². The molecule has 0 aliphatic carbocycles. The maximum Gasteiger partial charge on any atom is 0.247 e. The summed E-state index contributed by atoms with van der Waals surface area (Å²) in [6.45, 7) is 4.29. The van der Waals surface area contributed by atoms with Gasteiger partial charge in [0, 0.05) is 24.7 Å². The summed E-state index contributed by atoms with van der Waals surface area (Å²) < 4.78 is 52.6. The first-order valence-electron chi connectivity index (χ1n) is 9.25. The number of hydrogen-bond donors (Lipinski definition) is 2. The number of nitrogens with one attached hydrogen (secondary N) is 2. The standard InChI is InChI=1S/C20H24F2N4O3S/c1-20(2)8-10-26(14-6-5-13(21)16(22)17(14)29-3)18(20)19(27)25-12-7-9-24-15(11-12)30(4,23)28/h5-7,9,11,18,23H,8,10H2,1-4H3,(H,24,25,27)/t18?,30-/m1/s1. The highest BCUT2D eigenvalue weighted by atomic mass is 32.2. The molecule has 1 aliphatic rings. The lowest BCUT2D eigenvalue weighted by Gasteiger charge is -2.33. The van der Waals surface area contributed by atoms with Crippen molar-refractivity contribution in [3.05, 3.63) is 42.1 Å². The van der Waals surface area contributed by atoms with Crippen LogP contribution in [0.3, 0.4) is 0 Å². The summed E-state index contributed by atoms with van der Waals surface area (Å²) in [5.74, 6) is -2.76. The number of anilines is 2. The summed E-state index contributed by atoms with van der Waals surface area (Å²) >= 11 is 0. The predicted octanol–water partition coefficient (Wildman–Crippen LogP) is 3.65. The number of ether oxygens (including phenoxy) is 1. The lowest BCUT2D eigenvalue weighted by molar-refractivity contribution is -0.119. The van der Waals surface area contributed by atoms with Gasteiger partial charge >= 0.3 is 0 Å². The smallest absolute Gasteiger partial charge is 0.247 e. The van der Waals surface area contributed by atoms with E-state index in [1.54, 1.807) is 4.90 Å². The molecule has 1 saturated heterocycles. The van der Waals surface area contributed by atoms with Crippen molar-refractivity contribution in [3.8, 4) is 5.75 Å². The number of benzene rings is 1. The van der Waals surface area contributed by atoms with E-state index in [-0.39, 0.29) is 16.7 Å². The zero-order valence-corrected chi connectivity index (χ0v) is 18.0. The maximum absolute atomic E-state index is 14.3. The molecule has 0 spiro atoms. The van der Waals surface area contributed by atoms with Crippen LogP contribution in [0.5, 0.6) is 5.75 Å². The molecule has 3 rings (SSSR count). The van der Waals surface area contributed by atoms with Gasteiger partial charge in [-0.05, 0) is 36.1 Å². The van der Waals surface area contributed by atoms with Gasteiger partial charge in [-0.1, -0.05) is 13.8 Å². The Bertz CT molecular complexity index is 1090. The molecule has 1 fully saturated rings. The zero-order valence-electron chi connectivity index (χ0n) is 17.2. The molecule has 0 saturated carbocycles. The van der Waals surface area contributed by atoms with Crippen molar-refractivity contribution in [1.29, 1.82) is 4.78 Å². The molecule has 0 bridgehead atoms. The van der Waals surface area contributed by atoms with E-state index in [1.165, 1.54) is 37.8 Å². The molecule has 2 heterocycles. The highest BCUT2D eigenvalue weighted by molar-refractivity contribution is 7.91. The van der Waals surface area contributed by atoms with Crippen molar-refractivity contribution >= 4 is 27.0 Å². The molecule has 7 nitrogen and oxygen atoms in total. The van der Waals surface area contributed by atoms with E-state index < -0.39 is 32.8 Å². The number of pyridine rings is 1. The number of rotatable bonds is 5. The largest absolute Gasteiger partial charge is 0.491 e. The lowest BCUT2D eigenvalue weighted by Crippen LogP contribution is -2.46. The molecule has 1 unspecified atom stereocenters. The number of carbonyl (C=O) groups excluding carboxylic acids is 1. The van der Waals surface area contributed by atoms with Crippen molar-refractivity contribution in [2.24, 2.45) is 5.41 Å². The molecule has 1 aromatic heterocycles. The predicted molar refractivity (Wildman–Crippen MR) is 110 cm³/mol. The maximum atomic E-state index is 14.3. The topological polar surface area (TPSA) is 95.4 Å². The molecule has 2 atom stereocenters. The number of aromatic nitrogens is 1. The third-order valence-electron chi connectivity index (χ3n) is 5.24. The summed E-state index contributed by atoms with van der Waals surface area (Å²) in [6.07, 6.45) is 3.26. The first-order chi connectivity index (χ1) is 14.0. The Balaban J connectivity index is 1.97. The molecule has 0 radical (unpaired) electrons. The quantitative estimate of drug-likeness (QED) is 0.743. The van der Waals surface area contributed by atoms with Crippen LogP contribution in [0.15, 0.2) is 35.5 Å². The van der Waals surface area contributed by atoms with Gasteiger partial charge in [-0.25, -0.2) is 18.4 Å². The fourth-order valence-electron chi connectivity index (χ4n) is 3.71. The average Bonchev–Trinajstić information content (AvgIpc) is 2.98. The Morgan fingerprint density at radius 3 is 2.70 bits per heavy atom. The highest BCUT2D eigenvalue weighted by Crippen LogP contribution is 2.43. The third-order valence-corrected chi connectivity index (χ3v) is 6.26. The highest BCUT2D eigenvalue weighted by Gasteiger charge is 2.46.